The van der Waals surface area contributed by atoms with Gasteiger partial charge in [-0.2, -0.15) is 18.4 Å². The molecule has 3 heterocycles. The Morgan fingerprint density at radius 3 is 2.53 bits per heavy atom. The molecule has 0 spiro atoms. The fourth-order valence-corrected chi connectivity index (χ4v) is 5.20. The topological polar surface area (TPSA) is 126 Å². The highest BCUT2D eigenvalue weighted by Gasteiger charge is 2.47. The second kappa shape index (κ2) is 11.1. The number of benzene rings is 1. The number of pyridine rings is 1. The number of methoxy groups -OCH3 is 1. The number of aromatic nitrogens is 4. The molecule has 4 rings (SSSR count). The molecular formula is C22H17ClF5N5O4S. The maximum atomic E-state index is 13.9. The molecule has 202 valence electrons. The van der Waals surface area contributed by atoms with Crippen LogP contribution in [0.3, 0.4) is 0 Å². The van der Waals surface area contributed by atoms with Crippen molar-refractivity contribution in [3.05, 3.63) is 58.5 Å². The van der Waals surface area contributed by atoms with Crippen molar-refractivity contribution in [2.45, 2.75) is 40.9 Å². The summed E-state index contributed by atoms with van der Waals surface area (Å²) in [6.45, 7) is -0.644. The van der Waals surface area contributed by atoms with Crippen molar-refractivity contribution in [2.75, 3.05) is 13.7 Å². The number of hydrogen-bond donors (Lipinski definition) is 2. The van der Waals surface area contributed by atoms with Crippen LogP contribution in [0.25, 0.3) is 11.3 Å². The number of ether oxygens (including phenoxy) is 2. The van der Waals surface area contributed by atoms with Crippen molar-refractivity contribution in [3.63, 3.8) is 0 Å². The van der Waals surface area contributed by atoms with Crippen molar-refractivity contribution in [1.82, 2.24) is 20.0 Å². The number of nitrogens with zero attached hydrogens (tertiary/aromatic N) is 5. The Morgan fingerprint density at radius 1 is 1.26 bits per heavy atom. The van der Waals surface area contributed by atoms with Gasteiger partial charge in [-0.15, -0.1) is 5.10 Å². The molecule has 0 amide bonds. The van der Waals surface area contributed by atoms with Gasteiger partial charge < -0.3 is 19.7 Å². The third-order valence-corrected chi connectivity index (χ3v) is 7.16. The molecule has 2 aromatic heterocycles. The van der Waals surface area contributed by atoms with Crippen LogP contribution in [0, 0.1) is 23.0 Å². The first-order valence-corrected chi connectivity index (χ1v) is 11.9. The Balaban J connectivity index is 1.67. The van der Waals surface area contributed by atoms with E-state index >= 15 is 0 Å². The number of halogens is 6. The summed E-state index contributed by atoms with van der Waals surface area (Å²) in [6.07, 6.45) is -6.25. The molecule has 3 unspecified atom stereocenters. The smallest absolute Gasteiger partial charge is 0.394 e. The molecule has 0 bridgehead atoms. The number of alkyl halides is 3. The van der Waals surface area contributed by atoms with Crippen molar-refractivity contribution in [3.8, 4) is 17.3 Å². The quantitative estimate of drug-likeness (QED) is 0.334. The van der Waals surface area contributed by atoms with Gasteiger partial charge in [-0.1, -0.05) is 28.6 Å². The first-order chi connectivity index (χ1) is 18.0. The second-order valence-electron chi connectivity index (χ2n) is 8.04. The lowest BCUT2D eigenvalue weighted by molar-refractivity contribution is -0.186. The highest BCUT2D eigenvalue weighted by Crippen LogP contribution is 2.41. The van der Waals surface area contributed by atoms with Gasteiger partial charge in [0.05, 0.1) is 18.4 Å². The summed E-state index contributed by atoms with van der Waals surface area (Å²) in [4.78, 5) is 3.49. The van der Waals surface area contributed by atoms with Gasteiger partial charge in [0, 0.05) is 23.8 Å². The molecule has 16 heteroatoms. The van der Waals surface area contributed by atoms with E-state index in [2.05, 4.69) is 15.3 Å². The molecule has 3 aromatic rings. The lowest BCUT2D eigenvalue weighted by Gasteiger charge is -2.43. The third-order valence-electron chi connectivity index (χ3n) is 5.70. The Kier molecular flexibility index (Phi) is 8.21. The average Bonchev–Trinajstić information content (AvgIpc) is 3.36. The maximum Gasteiger partial charge on any atom is 0.434 e. The summed E-state index contributed by atoms with van der Waals surface area (Å²) in [5.41, 5.74) is -3.04. The molecule has 9 nitrogen and oxygen atoms in total. The number of aliphatic hydroxyl groups is 2. The molecule has 2 N–H and O–H groups in total. The van der Waals surface area contributed by atoms with Crippen LogP contribution in [0.2, 0.25) is 5.02 Å². The van der Waals surface area contributed by atoms with Gasteiger partial charge in [-0.25, -0.2) is 18.4 Å². The van der Waals surface area contributed by atoms with Gasteiger partial charge in [0.1, 0.15) is 58.2 Å². The average molecular weight is 578 g/mol. The minimum absolute atomic E-state index is 0.00987. The van der Waals surface area contributed by atoms with E-state index in [1.54, 1.807) is 0 Å². The molecule has 5 atom stereocenters. The standard InChI is InChI=1S/C22H17ClF5N5O4S/c1-36-19-17(33-7-14(31-32-33)9-3-12(24)16(23)13(25)4-9)18(35)15(8-34)37-21(19)38-11-2-10(5-29)20(30-6-11)22(26,27)28/h2-4,6-7,15,17-19,21,34-35H,8H2,1H3/t15?,17?,18-,19?,21+/m0/s1. The van der Waals surface area contributed by atoms with Gasteiger partial charge in [-0.05, 0) is 18.2 Å². The summed E-state index contributed by atoms with van der Waals surface area (Å²) < 4.78 is 79.7. The van der Waals surface area contributed by atoms with Gasteiger partial charge in [0.25, 0.3) is 0 Å². The Hall–Kier alpha value is -2.87. The predicted molar refractivity (Wildman–Crippen MR) is 122 cm³/mol. The van der Waals surface area contributed by atoms with Crippen molar-refractivity contribution in [2.24, 2.45) is 0 Å². The second-order valence-corrected chi connectivity index (χ2v) is 9.59. The highest BCUT2D eigenvalue weighted by atomic mass is 35.5. The van der Waals surface area contributed by atoms with Crippen LogP contribution < -0.4 is 0 Å². The predicted octanol–water partition coefficient (Wildman–Crippen LogP) is 3.59. The van der Waals surface area contributed by atoms with E-state index in [1.165, 1.54) is 24.1 Å². The Labute approximate surface area is 220 Å². The number of rotatable bonds is 6. The number of thioether (sulfide) groups is 1. The van der Waals surface area contributed by atoms with E-state index in [1.807, 2.05) is 0 Å². The molecular weight excluding hydrogens is 561 g/mol. The van der Waals surface area contributed by atoms with Gasteiger partial charge in [0.15, 0.2) is 5.69 Å². The molecule has 38 heavy (non-hydrogen) atoms. The fraction of sp³-hybridized carbons (Fsp3) is 0.364. The van der Waals surface area contributed by atoms with Crippen LogP contribution in [0.15, 0.2) is 35.5 Å². The normalized spacial score (nSPS) is 23.8. The van der Waals surface area contributed by atoms with Crippen molar-refractivity contribution in [1.29, 1.82) is 5.26 Å². The minimum atomic E-state index is -4.83. The van der Waals surface area contributed by atoms with Gasteiger partial charge in [0.2, 0.25) is 0 Å². The zero-order valence-electron chi connectivity index (χ0n) is 19.1. The monoisotopic (exact) mass is 577 g/mol. The van der Waals surface area contributed by atoms with E-state index in [-0.39, 0.29) is 16.2 Å². The molecule has 1 aromatic carbocycles. The lowest BCUT2D eigenvalue weighted by Crippen LogP contribution is -2.55. The fourth-order valence-electron chi connectivity index (χ4n) is 3.92. The van der Waals surface area contributed by atoms with E-state index in [9.17, 15) is 32.2 Å². The summed E-state index contributed by atoms with van der Waals surface area (Å²) in [5.74, 6) is -2.04. The highest BCUT2D eigenvalue weighted by molar-refractivity contribution is 7.99. The molecule has 1 saturated heterocycles. The summed E-state index contributed by atoms with van der Waals surface area (Å²) in [7, 11) is 1.29. The minimum Gasteiger partial charge on any atom is -0.394 e. The maximum absolute atomic E-state index is 13.9. The zero-order valence-corrected chi connectivity index (χ0v) is 20.7. The van der Waals surface area contributed by atoms with E-state index < -0.39 is 70.5 Å². The van der Waals surface area contributed by atoms with Crippen LogP contribution in [-0.2, 0) is 15.7 Å². The van der Waals surface area contributed by atoms with Crippen LogP contribution >= 0.6 is 23.4 Å². The molecule has 1 fully saturated rings. The third kappa shape index (κ3) is 5.46. The molecule has 0 radical (unpaired) electrons. The summed E-state index contributed by atoms with van der Waals surface area (Å²) in [6, 6.07) is 3.29. The van der Waals surface area contributed by atoms with Gasteiger partial charge >= 0.3 is 6.18 Å². The molecule has 0 aliphatic carbocycles. The van der Waals surface area contributed by atoms with Crippen molar-refractivity contribution >= 4 is 23.4 Å². The van der Waals surface area contributed by atoms with Crippen LogP contribution in [0.1, 0.15) is 17.3 Å². The molecule has 0 saturated carbocycles. The number of aliphatic hydroxyl groups excluding tert-OH is 2. The Morgan fingerprint density at radius 2 is 1.95 bits per heavy atom. The van der Waals surface area contributed by atoms with E-state index in [0.717, 1.165) is 36.2 Å². The first kappa shape index (κ1) is 28.1. The van der Waals surface area contributed by atoms with Gasteiger partial charge in [-0.3, -0.25) is 0 Å². The summed E-state index contributed by atoms with van der Waals surface area (Å²) >= 11 is 6.38. The van der Waals surface area contributed by atoms with Crippen LogP contribution in [0.4, 0.5) is 22.0 Å². The Bertz CT molecular complexity index is 1350. The van der Waals surface area contributed by atoms with Crippen molar-refractivity contribution < 1.29 is 41.6 Å². The SMILES string of the molecule is COC1C(n2cc(-c3cc(F)c(Cl)c(F)c3)nn2)[C@@H](O)C(CO)O[C@@H]1Sc1cnc(C(F)(F)F)c(C#N)c1. The lowest BCUT2D eigenvalue weighted by atomic mass is 9.97. The first-order valence-electron chi connectivity index (χ1n) is 10.7. The molecule has 1 aliphatic heterocycles. The van der Waals surface area contributed by atoms with E-state index in [0.29, 0.717) is 0 Å². The molecule has 1 aliphatic rings. The number of hydrogen-bond acceptors (Lipinski definition) is 9. The largest absolute Gasteiger partial charge is 0.434 e. The van der Waals surface area contributed by atoms with Crippen LogP contribution in [-0.4, -0.2) is 67.7 Å². The van der Waals surface area contributed by atoms with E-state index in [4.69, 9.17) is 26.3 Å². The number of nitriles is 1. The zero-order chi connectivity index (χ0) is 27.8. The summed E-state index contributed by atoms with van der Waals surface area (Å²) in [5, 5.41) is 37.0. The van der Waals surface area contributed by atoms with Crippen LogP contribution in [0.5, 0.6) is 0 Å².